The molecule has 0 fully saturated rings. The number of benzene rings is 2. The monoisotopic (exact) mass is 389 g/mol. The van der Waals surface area contributed by atoms with Crippen LogP contribution in [0.1, 0.15) is 22.8 Å². The van der Waals surface area contributed by atoms with Gasteiger partial charge in [0.2, 0.25) is 10.0 Å². The van der Waals surface area contributed by atoms with Crippen molar-refractivity contribution in [2.45, 2.75) is 18.4 Å². The van der Waals surface area contributed by atoms with Crippen molar-refractivity contribution in [1.29, 1.82) is 0 Å². The maximum absolute atomic E-state index is 13.1. The lowest BCUT2D eigenvalue weighted by Crippen LogP contribution is -2.31. The number of hydrogen-bond donors (Lipinski definition) is 0. The van der Waals surface area contributed by atoms with E-state index in [0.717, 1.165) is 0 Å². The highest BCUT2D eigenvalue weighted by molar-refractivity contribution is 7.89. The van der Waals surface area contributed by atoms with Gasteiger partial charge in [0.25, 0.3) is 0 Å². The van der Waals surface area contributed by atoms with Gasteiger partial charge >= 0.3 is 0 Å². The summed E-state index contributed by atoms with van der Waals surface area (Å²) in [7, 11) is -0.726. The number of ketones is 1. The molecule has 0 atom stereocenters. The summed E-state index contributed by atoms with van der Waals surface area (Å²) < 4.78 is 38.0. The van der Waals surface area contributed by atoms with E-state index in [1.807, 2.05) is 0 Å². The van der Waals surface area contributed by atoms with E-state index in [2.05, 4.69) is 6.58 Å². The van der Waals surface area contributed by atoms with Crippen molar-refractivity contribution >= 4 is 15.8 Å². The number of Topliss-reactive ketones (excluding diaryl/α,β-unsaturated/α-hetero) is 1. The van der Waals surface area contributed by atoms with Gasteiger partial charge in [-0.3, -0.25) is 4.79 Å². The highest BCUT2D eigenvalue weighted by Gasteiger charge is 2.25. The molecule has 2 aromatic rings. The van der Waals surface area contributed by atoms with Gasteiger partial charge < -0.3 is 9.47 Å². The zero-order chi connectivity index (χ0) is 20.0. The van der Waals surface area contributed by atoms with Gasteiger partial charge in [-0.2, -0.15) is 4.31 Å². The molecular formula is C20H23NO5S. The third-order valence-corrected chi connectivity index (χ3v) is 5.89. The maximum atomic E-state index is 13.1. The Hall–Kier alpha value is -2.64. The Morgan fingerprint density at radius 1 is 1.11 bits per heavy atom. The lowest BCUT2D eigenvalue weighted by Gasteiger charge is -2.22. The molecule has 27 heavy (non-hydrogen) atoms. The van der Waals surface area contributed by atoms with E-state index in [1.165, 1.54) is 48.7 Å². The van der Waals surface area contributed by atoms with Gasteiger partial charge in [-0.05, 0) is 37.3 Å². The molecule has 6 nitrogen and oxygen atoms in total. The van der Waals surface area contributed by atoms with Crippen molar-refractivity contribution < 1.29 is 22.7 Å². The standard InChI is InChI=1S/C20H23NO5S/c1-5-12-21(14-17-13-18(25-3)8-11-20(17)26-4)27(23,24)19-9-6-16(7-10-19)15(2)22/h5-11,13H,1,12,14H2,2-4H3. The minimum absolute atomic E-state index is 0.0865. The second kappa shape index (κ2) is 8.83. The Labute approximate surface area is 160 Å². The van der Waals surface area contributed by atoms with Crippen LogP contribution in [-0.2, 0) is 16.6 Å². The Morgan fingerprint density at radius 3 is 2.30 bits per heavy atom. The fourth-order valence-corrected chi connectivity index (χ4v) is 3.99. The summed E-state index contributed by atoms with van der Waals surface area (Å²) in [6.07, 6.45) is 1.52. The summed E-state index contributed by atoms with van der Waals surface area (Å²) in [6, 6.07) is 11.1. The van der Waals surface area contributed by atoms with Gasteiger partial charge in [0.1, 0.15) is 11.5 Å². The molecule has 2 aromatic carbocycles. The summed E-state index contributed by atoms with van der Waals surface area (Å²) in [5.41, 5.74) is 1.13. The number of carbonyl (C=O) groups excluding carboxylic acids is 1. The van der Waals surface area contributed by atoms with Gasteiger partial charge in [-0.1, -0.05) is 18.2 Å². The van der Waals surface area contributed by atoms with E-state index in [-0.39, 0.29) is 23.8 Å². The molecule has 0 aliphatic rings. The van der Waals surface area contributed by atoms with E-state index in [4.69, 9.17) is 9.47 Å². The number of nitrogens with zero attached hydrogens (tertiary/aromatic N) is 1. The van der Waals surface area contributed by atoms with E-state index in [0.29, 0.717) is 22.6 Å². The van der Waals surface area contributed by atoms with Crippen molar-refractivity contribution in [3.8, 4) is 11.5 Å². The van der Waals surface area contributed by atoms with Gasteiger partial charge in [0, 0.05) is 24.2 Å². The summed E-state index contributed by atoms with van der Waals surface area (Å²) >= 11 is 0. The molecular weight excluding hydrogens is 366 g/mol. The SMILES string of the molecule is C=CCN(Cc1cc(OC)ccc1OC)S(=O)(=O)c1ccc(C(C)=O)cc1. The van der Waals surface area contributed by atoms with Crippen LogP contribution in [0, 0.1) is 0 Å². The molecule has 0 aliphatic heterocycles. The first-order valence-electron chi connectivity index (χ1n) is 8.26. The summed E-state index contributed by atoms with van der Waals surface area (Å²) in [6.45, 7) is 5.30. The molecule has 0 saturated carbocycles. The number of methoxy groups -OCH3 is 2. The normalized spacial score (nSPS) is 11.3. The van der Waals surface area contributed by atoms with Crippen LogP contribution in [0.25, 0.3) is 0 Å². The number of sulfonamides is 1. The second-order valence-corrected chi connectivity index (χ2v) is 7.78. The van der Waals surface area contributed by atoms with Crippen LogP contribution in [0.5, 0.6) is 11.5 Å². The van der Waals surface area contributed by atoms with Crippen LogP contribution in [0.4, 0.5) is 0 Å². The third-order valence-electron chi connectivity index (χ3n) is 4.07. The van der Waals surface area contributed by atoms with Crippen LogP contribution in [0.2, 0.25) is 0 Å². The quantitative estimate of drug-likeness (QED) is 0.486. The van der Waals surface area contributed by atoms with Crippen molar-refractivity contribution in [2.75, 3.05) is 20.8 Å². The minimum Gasteiger partial charge on any atom is -0.497 e. The fraction of sp³-hybridized carbons (Fsp3) is 0.250. The van der Waals surface area contributed by atoms with Crippen LogP contribution < -0.4 is 9.47 Å². The Bertz CT molecular complexity index is 920. The lowest BCUT2D eigenvalue weighted by atomic mass is 10.2. The summed E-state index contributed by atoms with van der Waals surface area (Å²) in [4.78, 5) is 11.5. The minimum atomic E-state index is -3.79. The zero-order valence-corrected chi connectivity index (χ0v) is 16.5. The molecule has 0 aliphatic carbocycles. The second-order valence-electron chi connectivity index (χ2n) is 5.84. The molecule has 0 spiro atoms. The predicted octanol–water partition coefficient (Wildman–Crippen LogP) is 3.28. The van der Waals surface area contributed by atoms with Crippen LogP contribution >= 0.6 is 0 Å². The van der Waals surface area contributed by atoms with Gasteiger partial charge in [0.05, 0.1) is 19.1 Å². The Balaban J connectivity index is 2.41. The van der Waals surface area contributed by atoms with Crippen molar-refractivity contribution in [3.05, 3.63) is 66.2 Å². The van der Waals surface area contributed by atoms with E-state index in [1.54, 1.807) is 25.3 Å². The topological polar surface area (TPSA) is 72.9 Å². The van der Waals surface area contributed by atoms with Gasteiger partial charge in [0.15, 0.2) is 5.78 Å². The molecule has 0 bridgehead atoms. The highest BCUT2D eigenvalue weighted by atomic mass is 32.2. The number of ether oxygens (including phenoxy) is 2. The van der Waals surface area contributed by atoms with Crippen molar-refractivity contribution in [2.24, 2.45) is 0 Å². The lowest BCUT2D eigenvalue weighted by molar-refractivity contribution is 0.101. The van der Waals surface area contributed by atoms with Crippen molar-refractivity contribution in [1.82, 2.24) is 4.31 Å². The molecule has 7 heteroatoms. The molecule has 144 valence electrons. The first kappa shape index (κ1) is 20.7. The van der Waals surface area contributed by atoms with Crippen molar-refractivity contribution in [3.63, 3.8) is 0 Å². The molecule has 0 saturated heterocycles. The van der Waals surface area contributed by atoms with Crippen LogP contribution in [0.15, 0.2) is 60.0 Å². The third kappa shape index (κ3) is 4.75. The molecule has 0 N–H and O–H groups in total. The van der Waals surface area contributed by atoms with E-state index in [9.17, 15) is 13.2 Å². The molecule has 0 radical (unpaired) electrons. The molecule has 2 rings (SSSR count). The van der Waals surface area contributed by atoms with E-state index >= 15 is 0 Å². The first-order valence-corrected chi connectivity index (χ1v) is 9.70. The van der Waals surface area contributed by atoms with Gasteiger partial charge in [-0.25, -0.2) is 8.42 Å². The zero-order valence-electron chi connectivity index (χ0n) is 15.6. The van der Waals surface area contributed by atoms with Gasteiger partial charge in [-0.15, -0.1) is 6.58 Å². The van der Waals surface area contributed by atoms with Crippen LogP contribution in [0.3, 0.4) is 0 Å². The molecule has 0 aromatic heterocycles. The molecule has 0 amide bonds. The largest absolute Gasteiger partial charge is 0.497 e. The smallest absolute Gasteiger partial charge is 0.243 e. The van der Waals surface area contributed by atoms with Crippen LogP contribution in [-0.4, -0.2) is 39.3 Å². The maximum Gasteiger partial charge on any atom is 0.243 e. The van der Waals surface area contributed by atoms with E-state index < -0.39 is 10.0 Å². The Kier molecular flexibility index (Phi) is 6.76. The average Bonchev–Trinajstić information content (AvgIpc) is 2.67. The first-order chi connectivity index (χ1) is 12.8. The molecule has 0 unspecified atom stereocenters. The number of hydrogen-bond acceptors (Lipinski definition) is 5. The average molecular weight is 389 g/mol. The summed E-state index contributed by atoms with van der Waals surface area (Å²) in [5, 5.41) is 0. The predicted molar refractivity (Wildman–Crippen MR) is 104 cm³/mol. The molecule has 0 heterocycles. The Morgan fingerprint density at radius 2 is 1.78 bits per heavy atom. The number of rotatable bonds is 9. The number of carbonyl (C=O) groups is 1. The highest BCUT2D eigenvalue weighted by Crippen LogP contribution is 2.27. The summed E-state index contributed by atoms with van der Waals surface area (Å²) in [5.74, 6) is 1.04. The fourth-order valence-electron chi connectivity index (χ4n) is 2.60.